The van der Waals surface area contributed by atoms with E-state index >= 15 is 0 Å². The molecule has 154 valence electrons. The Bertz CT molecular complexity index is 959. The molecule has 3 saturated heterocycles. The molecule has 2 bridgehead atoms. The van der Waals surface area contributed by atoms with Crippen LogP contribution in [0.25, 0.3) is 11.2 Å². The topological polar surface area (TPSA) is 133 Å². The summed E-state index contributed by atoms with van der Waals surface area (Å²) in [6, 6.07) is 0.220. The molecular formula is C19H26N8O2. The van der Waals surface area contributed by atoms with Gasteiger partial charge in [-0.3, -0.25) is 9.59 Å². The number of aromatic amines is 1. The molecule has 0 spiro atoms. The van der Waals surface area contributed by atoms with Crippen LogP contribution in [0.3, 0.4) is 0 Å². The Hall–Kier alpha value is -2.91. The number of carbonyl (C=O) groups is 2. The predicted octanol–water partition coefficient (Wildman–Crippen LogP) is 0.277. The molecule has 2 aromatic heterocycles. The van der Waals surface area contributed by atoms with Crippen molar-refractivity contribution in [1.82, 2.24) is 30.2 Å². The van der Waals surface area contributed by atoms with Gasteiger partial charge >= 0.3 is 0 Å². The molecule has 5 heterocycles. The number of nitrogens with one attached hydrogen (secondary N) is 2. The number of imidazole rings is 1. The fraction of sp³-hybridized carbons (Fsp3) is 0.632. The third kappa shape index (κ3) is 3.06. The lowest BCUT2D eigenvalue weighted by atomic mass is 9.72. The molecule has 10 nitrogen and oxygen atoms in total. The number of rotatable bonds is 3. The largest absolute Gasteiger partial charge is 0.368 e. The number of aromatic nitrogens is 4. The molecule has 10 heteroatoms. The number of nitrogens with zero attached hydrogens (tertiary/aromatic N) is 5. The van der Waals surface area contributed by atoms with Gasteiger partial charge in [0.25, 0.3) is 0 Å². The van der Waals surface area contributed by atoms with Crippen molar-refractivity contribution >= 4 is 34.7 Å². The second-order valence-corrected chi connectivity index (χ2v) is 8.43. The van der Waals surface area contributed by atoms with Crippen LogP contribution in [-0.4, -0.2) is 68.4 Å². The Labute approximate surface area is 168 Å². The minimum Gasteiger partial charge on any atom is -0.368 e. The smallest absolute Gasteiger partial charge is 0.224 e. The molecule has 2 aromatic rings. The van der Waals surface area contributed by atoms with Crippen molar-refractivity contribution < 1.29 is 9.59 Å². The fourth-order valence-corrected chi connectivity index (χ4v) is 5.52. The molecule has 3 aliphatic rings. The molecule has 4 N–H and O–H groups in total. The van der Waals surface area contributed by atoms with E-state index in [9.17, 15) is 9.59 Å². The maximum atomic E-state index is 12.8. The van der Waals surface area contributed by atoms with Gasteiger partial charge in [-0.25, -0.2) is 4.98 Å². The summed E-state index contributed by atoms with van der Waals surface area (Å²) in [5.74, 6) is 1.77. The lowest BCUT2D eigenvalue weighted by molar-refractivity contribution is -0.149. The molecule has 0 aliphatic carbocycles. The molecule has 29 heavy (non-hydrogen) atoms. The van der Waals surface area contributed by atoms with E-state index < -0.39 is 0 Å². The first-order chi connectivity index (χ1) is 14.0. The van der Waals surface area contributed by atoms with Gasteiger partial charge in [0.05, 0.1) is 12.4 Å². The van der Waals surface area contributed by atoms with E-state index in [1.807, 2.05) is 0 Å². The fourth-order valence-electron chi connectivity index (χ4n) is 5.52. The number of H-pyrrole nitrogens is 1. The Morgan fingerprint density at radius 3 is 3.00 bits per heavy atom. The number of fused-ring (bicyclic) bond motifs is 5. The van der Waals surface area contributed by atoms with E-state index in [0.29, 0.717) is 24.5 Å². The van der Waals surface area contributed by atoms with Crippen LogP contribution in [0.1, 0.15) is 32.6 Å². The summed E-state index contributed by atoms with van der Waals surface area (Å²) >= 11 is 0. The first-order valence-corrected chi connectivity index (χ1v) is 10.3. The Kier molecular flexibility index (Phi) is 4.29. The highest BCUT2D eigenvalue weighted by Gasteiger charge is 2.49. The second kappa shape index (κ2) is 6.85. The molecule has 0 unspecified atom stereocenters. The van der Waals surface area contributed by atoms with Gasteiger partial charge < -0.3 is 25.8 Å². The van der Waals surface area contributed by atoms with Gasteiger partial charge in [0, 0.05) is 39.0 Å². The van der Waals surface area contributed by atoms with Crippen LogP contribution in [0.5, 0.6) is 0 Å². The van der Waals surface area contributed by atoms with Crippen molar-refractivity contribution in [1.29, 1.82) is 0 Å². The number of nitrogens with two attached hydrogens (primary N) is 1. The Morgan fingerprint density at radius 2 is 2.17 bits per heavy atom. The molecule has 3 aliphatic heterocycles. The van der Waals surface area contributed by atoms with Crippen LogP contribution in [-0.2, 0) is 9.59 Å². The second-order valence-electron chi connectivity index (χ2n) is 8.43. The number of amides is 2. The van der Waals surface area contributed by atoms with Crippen LogP contribution < -0.4 is 16.0 Å². The van der Waals surface area contributed by atoms with E-state index in [2.05, 4.69) is 35.1 Å². The van der Waals surface area contributed by atoms with E-state index in [-0.39, 0.29) is 35.8 Å². The van der Waals surface area contributed by atoms with Crippen molar-refractivity contribution in [2.24, 2.45) is 11.8 Å². The molecule has 3 fully saturated rings. The van der Waals surface area contributed by atoms with Gasteiger partial charge in [0.15, 0.2) is 11.5 Å². The van der Waals surface area contributed by atoms with Gasteiger partial charge in [0.2, 0.25) is 17.8 Å². The van der Waals surface area contributed by atoms with E-state index in [1.165, 1.54) is 6.92 Å². The highest BCUT2D eigenvalue weighted by atomic mass is 16.2. The van der Waals surface area contributed by atoms with Crippen LogP contribution in [0, 0.1) is 11.8 Å². The number of hydrogen-bond acceptors (Lipinski definition) is 7. The van der Waals surface area contributed by atoms with Crippen molar-refractivity contribution in [2.75, 3.05) is 30.3 Å². The summed E-state index contributed by atoms with van der Waals surface area (Å²) in [6.45, 7) is 3.59. The molecule has 0 radical (unpaired) electrons. The average molecular weight is 398 g/mol. The third-order valence-electron chi connectivity index (χ3n) is 6.64. The monoisotopic (exact) mass is 398 g/mol. The van der Waals surface area contributed by atoms with E-state index in [0.717, 1.165) is 43.7 Å². The zero-order valence-electron chi connectivity index (χ0n) is 16.5. The first kappa shape index (κ1) is 18.1. The molecule has 0 aromatic carbocycles. The average Bonchev–Trinajstić information content (AvgIpc) is 3.15. The summed E-state index contributed by atoms with van der Waals surface area (Å²) in [4.78, 5) is 44.8. The number of nitrogen functional groups attached to an aromatic ring is 1. The normalized spacial score (nSPS) is 29.1. The van der Waals surface area contributed by atoms with Crippen LogP contribution in [0.15, 0.2) is 6.33 Å². The molecule has 2 amide bonds. The molecular weight excluding hydrogens is 372 g/mol. The standard InChI is InChI=1S/C19H26N8O2/c1-10(28)21-6-14-12-5-11(13-3-2-4-15(29)27(13)14)7-26(8-12)18-16-17(23-9-22-16)24-19(20)25-18/h9,11-14H,2-8H2,1H3,(H,21,28)(H3,20,22,23,24,25)/t11-,12+,13+,14+/m1/s1. The number of hydrogen-bond donors (Lipinski definition) is 3. The van der Waals surface area contributed by atoms with E-state index in [1.54, 1.807) is 6.33 Å². The number of piperidine rings is 3. The number of anilines is 2. The van der Waals surface area contributed by atoms with E-state index in [4.69, 9.17) is 5.73 Å². The predicted molar refractivity (Wildman–Crippen MR) is 107 cm³/mol. The van der Waals surface area contributed by atoms with Crippen LogP contribution >= 0.6 is 0 Å². The maximum absolute atomic E-state index is 12.8. The minimum atomic E-state index is -0.0662. The molecule has 5 rings (SSSR count). The van der Waals surface area contributed by atoms with Crippen molar-refractivity contribution in [2.45, 2.75) is 44.7 Å². The van der Waals surface area contributed by atoms with Gasteiger partial charge in [-0.15, -0.1) is 0 Å². The Balaban J connectivity index is 1.50. The zero-order valence-corrected chi connectivity index (χ0v) is 16.5. The summed E-state index contributed by atoms with van der Waals surface area (Å²) in [6.07, 6.45) is 5.21. The highest BCUT2D eigenvalue weighted by molar-refractivity contribution is 5.84. The maximum Gasteiger partial charge on any atom is 0.224 e. The van der Waals surface area contributed by atoms with Crippen LogP contribution in [0.2, 0.25) is 0 Å². The zero-order chi connectivity index (χ0) is 20.1. The van der Waals surface area contributed by atoms with Gasteiger partial charge in [-0.2, -0.15) is 9.97 Å². The van der Waals surface area contributed by atoms with Crippen molar-refractivity contribution in [3.63, 3.8) is 0 Å². The van der Waals surface area contributed by atoms with Crippen molar-refractivity contribution in [3.05, 3.63) is 6.33 Å². The van der Waals surface area contributed by atoms with Gasteiger partial charge in [-0.05, 0) is 31.1 Å². The summed E-state index contributed by atoms with van der Waals surface area (Å²) in [5.41, 5.74) is 7.28. The van der Waals surface area contributed by atoms with Gasteiger partial charge in [0.1, 0.15) is 5.52 Å². The Morgan fingerprint density at radius 1 is 1.34 bits per heavy atom. The first-order valence-electron chi connectivity index (χ1n) is 10.3. The highest BCUT2D eigenvalue weighted by Crippen LogP contribution is 2.42. The molecule has 0 saturated carbocycles. The summed E-state index contributed by atoms with van der Waals surface area (Å²) in [5, 5.41) is 2.95. The van der Waals surface area contributed by atoms with Crippen LogP contribution in [0.4, 0.5) is 11.8 Å². The van der Waals surface area contributed by atoms with Crippen molar-refractivity contribution in [3.8, 4) is 0 Å². The lowest BCUT2D eigenvalue weighted by Gasteiger charge is -2.56. The third-order valence-corrected chi connectivity index (χ3v) is 6.64. The minimum absolute atomic E-state index is 0.00666. The van der Waals surface area contributed by atoms with Gasteiger partial charge in [-0.1, -0.05) is 0 Å². The SMILES string of the molecule is CC(=O)NC[C@H]1[C@H]2C[C@H](CN(c3nc(N)nc4nc[nH]c34)C2)[C@@H]2CCCC(=O)N21. The summed E-state index contributed by atoms with van der Waals surface area (Å²) < 4.78 is 0. The quantitative estimate of drug-likeness (QED) is 0.676. The summed E-state index contributed by atoms with van der Waals surface area (Å²) in [7, 11) is 0. The number of carbonyl (C=O) groups excluding carboxylic acids is 2. The lowest BCUT2D eigenvalue weighted by Crippen LogP contribution is -2.67. The molecule has 4 atom stereocenters.